The van der Waals surface area contributed by atoms with Gasteiger partial charge in [0, 0.05) is 18.2 Å². The standard InChI is InChI=1S/C21H21N5O.C2HF3O2/c22-12-15-4-3-5-17(10-15)19-8-7-16(14-25-19)11-18(13-23)26-21(27)20-6-1-2-9-24-20;3-2(4,5)1(6)7/h3-5,7-8,10,14,18,20,24H,1-2,6,9,11H2,(H,26,27);(H,6,7)/t18?,20-;/m0./s1. The van der Waals surface area contributed by atoms with Crippen LogP contribution in [0.3, 0.4) is 0 Å². The molecule has 2 aromatic rings. The summed E-state index contributed by atoms with van der Waals surface area (Å²) in [5, 5.41) is 31.5. The van der Waals surface area contributed by atoms with Crippen molar-refractivity contribution in [1.82, 2.24) is 15.6 Å². The molecule has 0 saturated carbocycles. The fourth-order valence-corrected chi connectivity index (χ4v) is 3.18. The Morgan fingerprint density at radius 1 is 1.24 bits per heavy atom. The molecule has 2 atom stereocenters. The number of hydrogen-bond acceptors (Lipinski definition) is 6. The molecule has 1 fully saturated rings. The Kier molecular flexibility index (Phi) is 9.53. The Labute approximate surface area is 194 Å². The highest BCUT2D eigenvalue weighted by molar-refractivity contribution is 5.82. The van der Waals surface area contributed by atoms with Gasteiger partial charge in [-0.05, 0) is 43.1 Å². The summed E-state index contributed by atoms with van der Waals surface area (Å²) in [6, 6.07) is 14.5. The normalized spacial score (nSPS) is 16.1. The number of carboxylic acids is 1. The van der Waals surface area contributed by atoms with E-state index in [0.29, 0.717) is 12.0 Å². The lowest BCUT2D eigenvalue weighted by atomic mass is 10.0. The minimum absolute atomic E-state index is 0.112. The maximum Gasteiger partial charge on any atom is 0.490 e. The molecule has 3 rings (SSSR count). The molecule has 1 saturated heterocycles. The topological polar surface area (TPSA) is 139 Å². The van der Waals surface area contributed by atoms with Gasteiger partial charge in [-0.3, -0.25) is 9.78 Å². The van der Waals surface area contributed by atoms with Crippen molar-refractivity contribution in [3.8, 4) is 23.4 Å². The molecule has 34 heavy (non-hydrogen) atoms. The van der Waals surface area contributed by atoms with E-state index < -0.39 is 18.2 Å². The molecule has 1 aromatic heterocycles. The van der Waals surface area contributed by atoms with Gasteiger partial charge in [0.2, 0.25) is 5.91 Å². The van der Waals surface area contributed by atoms with E-state index in [0.717, 1.165) is 42.6 Å². The molecule has 11 heteroatoms. The number of alkyl halides is 3. The number of nitrogens with one attached hydrogen (secondary N) is 2. The van der Waals surface area contributed by atoms with Crippen LogP contribution in [-0.4, -0.2) is 46.8 Å². The van der Waals surface area contributed by atoms with Gasteiger partial charge in [-0.15, -0.1) is 0 Å². The van der Waals surface area contributed by atoms with Gasteiger partial charge in [0.25, 0.3) is 0 Å². The summed E-state index contributed by atoms with van der Waals surface area (Å²) in [6.07, 6.45) is -0.0480. The number of pyridine rings is 1. The number of benzene rings is 1. The third kappa shape index (κ3) is 8.19. The molecule has 1 unspecified atom stereocenters. The van der Waals surface area contributed by atoms with Crippen molar-refractivity contribution < 1.29 is 27.9 Å². The molecule has 2 heterocycles. The lowest BCUT2D eigenvalue weighted by Gasteiger charge is -2.23. The molecular formula is C23H22F3N5O3. The van der Waals surface area contributed by atoms with Crippen LogP contribution in [-0.2, 0) is 16.0 Å². The van der Waals surface area contributed by atoms with E-state index in [1.165, 1.54) is 0 Å². The van der Waals surface area contributed by atoms with Gasteiger partial charge in [-0.25, -0.2) is 4.79 Å². The molecular weight excluding hydrogens is 451 g/mol. The van der Waals surface area contributed by atoms with Crippen molar-refractivity contribution in [2.45, 2.75) is 43.9 Å². The molecule has 0 radical (unpaired) electrons. The number of carboxylic acid groups (broad SMARTS) is 1. The van der Waals surface area contributed by atoms with E-state index in [1.54, 1.807) is 18.3 Å². The Morgan fingerprint density at radius 2 is 1.97 bits per heavy atom. The van der Waals surface area contributed by atoms with Crippen molar-refractivity contribution in [2.24, 2.45) is 0 Å². The van der Waals surface area contributed by atoms with Crippen LogP contribution in [0.1, 0.15) is 30.4 Å². The smallest absolute Gasteiger partial charge is 0.475 e. The zero-order valence-corrected chi connectivity index (χ0v) is 18.0. The van der Waals surface area contributed by atoms with Crippen LogP contribution < -0.4 is 10.6 Å². The second-order valence-corrected chi connectivity index (χ2v) is 7.44. The monoisotopic (exact) mass is 473 g/mol. The number of hydrogen-bond donors (Lipinski definition) is 3. The summed E-state index contributed by atoms with van der Waals surface area (Å²) >= 11 is 0. The number of aromatic nitrogens is 1. The van der Waals surface area contributed by atoms with Crippen LogP contribution in [0, 0.1) is 22.7 Å². The highest BCUT2D eigenvalue weighted by Gasteiger charge is 2.38. The van der Waals surface area contributed by atoms with Gasteiger partial charge >= 0.3 is 12.1 Å². The van der Waals surface area contributed by atoms with Crippen molar-refractivity contribution in [3.63, 3.8) is 0 Å². The van der Waals surface area contributed by atoms with E-state index in [2.05, 4.69) is 27.8 Å². The first-order valence-corrected chi connectivity index (χ1v) is 10.3. The lowest BCUT2D eigenvalue weighted by molar-refractivity contribution is -0.192. The van der Waals surface area contributed by atoms with Gasteiger partial charge in [0.1, 0.15) is 6.04 Å². The minimum atomic E-state index is -5.08. The van der Waals surface area contributed by atoms with E-state index in [-0.39, 0.29) is 11.9 Å². The second-order valence-electron chi connectivity index (χ2n) is 7.44. The molecule has 0 bridgehead atoms. The highest BCUT2D eigenvalue weighted by Crippen LogP contribution is 2.19. The fraction of sp³-hybridized carbons (Fsp3) is 0.348. The Bertz CT molecular complexity index is 1070. The quantitative estimate of drug-likeness (QED) is 0.607. The third-order valence-electron chi connectivity index (χ3n) is 4.89. The SMILES string of the molecule is N#Cc1cccc(-c2ccc(CC(C#N)NC(=O)[C@@H]3CCCCN3)cn2)c1.O=C(O)C(F)(F)F. The third-order valence-corrected chi connectivity index (χ3v) is 4.89. The van der Waals surface area contributed by atoms with Gasteiger partial charge < -0.3 is 15.7 Å². The van der Waals surface area contributed by atoms with Gasteiger partial charge in [0.05, 0.1) is 29.4 Å². The average Bonchev–Trinajstić information content (AvgIpc) is 2.84. The first kappa shape index (κ1) is 26.3. The Balaban J connectivity index is 0.000000509. The summed E-state index contributed by atoms with van der Waals surface area (Å²) < 4.78 is 31.7. The first-order chi connectivity index (χ1) is 16.1. The molecule has 0 spiro atoms. The summed E-state index contributed by atoms with van der Waals surface area (Å²) in [5.41, 5.74) is 3.09. The van der Waals surface area contributed by atoms with Crippen LogP contribution in [0.25, 0.3) is 11.3 Å². The maximum absolute atomic E-state index is 12.3. The van der Waals surface area contributed by atoms with Crippen LogP contribution in [0.15, 0.2) is 42.6 Å². The summed E-state index contributed by atoms with van der Waals surface area (Å²) in [7, 11) is 0. The lowest BCUT2D eigenvalue weighted by Crippen LogP contribution is -2.49. The van der Waals surface area contributed by atoms with Crippen molar-refractivity contribution in [2.75, 3.05) is 6.54 Å². The van der Waals surface area contributed by atoms with Gasteiger partial charge in [-0.1, -0.05) is 24.6 Å². The molecule has 178 valence electrons. The number of carbonyl (C=O) groups is 2. The largest absolute Gasteiger partial charge is 0.490 e. The number of nitrogens with zero attached hydrogens (tertiary/aromatic N) is 3. The minimum Gasteiger partial charge on any atom is -0.475 e. The second kappa shape index (κ2) is 12.3. The fourth-order valence-electron chi connectivity index (χ4n) is 3.18. The zero-order chi connectivity index (χ0) is 25.1. The van der Waals surface area contributed by atoms with Crippen molar-refractivity contribution in [3.05, 3.63) is 53.7 Å². The Hall–Kier alpha value is -3.96. The van der Waals surface area contributed by atoms with Crippen molar-refractivity contribution in [1.29, 1.82) is 10.5 Å². The number of piperidine rings is 1. The van der Waals surface area contributed by atoms with Crippen LogP contribution in [0.2, 0.25) is 0 Å². The molecule has 1 aliphatic heterocycles. The molecule has 0 aliphatic carbocycles. The number of nitriles is 2. The molecule has 1 amide bonds. The highest BCUT2D eigenvalue weighted by atomic mass is 19.4. The summed E-state index contributed by atoms with van der Waals surface area (Å²) in [6.45, 7) is 0.841. The van der Waals surface area contributed by atoms with Gasteiger partial charge in [0.15, 0.2) is 0 Å². The number of rotatable bonds is 5. The number of aliphatic carboxylic acids is 1. The predicted molar refractivity (Wildman–Crippen MR) is 115 cm³/mol. The van der Waals surface area contributed by atoms with E-state index in [9.17, 15) is 23.2 Å². The number of halogens is 3. The molecule has 1 aliphatic rings. The molecule has 3 N–H and O–H groups in total. The number of carbonyl (C=O) groups excluding carboxylic acids is 1. The zero-order valence-electron chi connectivity index (χ0n) is 18.0. The van der Waals surface area contributed by atoms with E-state index >= 15 is 0 Å². The van der Waals surface area contributed by atoms with Crippen LogP contribution >= 0.6 is 0 Å². The van der Waals surface area contributed by atoms with Crippen molar-refractivity contribution >= 4 is 11.9 Å². The summed E-state index contributed by atoms with van der Waals surface area (Å²) in [4.78, 5) is 25.6. The Morgan fingerprint density at radius 3 is 2.50 bits per heavy atom. The first-order valence-electron chi connectivity index (χ1n) is 10.3. The van der Waals surface area contributed by atoms with Gasteiger partial charge in [-0.2, -0.15) is 23.7 Å². The summed E-state index contributed by atoms with van der Waals surface area (Å²) in [5.74, 6) is -2.87. The van der Waals surface area contributed by atoms with E-state index in [1.807, 2.05) is 24.3 Å². The maximum atomic E-state index is 12.3. The van der Waals surface area contributed by atoms with E-state index in [4.69, 9.17) is 15.2 Å². The molecule has 1 aromatic carbocycles. The average molecular weight is 473 g/mol. The predicted octanol–water partition coefficient (Wildman–Crippen LogP) is 2.95. The van der Waals surface area contributed by atoms with Crippen LogP contribution in [0.5, 0.6) is 0 Å². The van der Waals surface area contributed by atoms with Crippen LogP contribution in [0.4, 0.5) is 13.2 Å². The molecule has 8 nitrogen and oxygen atoms in total. The number of amides is 1.